The maximum atomic E-state index is 4.16. The standard InChI is InChI=1S/C14H23N3/c1-2-15-11-14-6-9-17(12-14)8-5-13-4-3-7-16-10-13/h3-4,7,10,14-15H,2,5-6,8-9,11-12H2,1H3. The van der Waals surface area contributed by atoms with Crippen molar-refractivity contribution in [1.29, 1.82) is 0 Å². The van der Waals surface area contributed by atoms with Crippen molar-refractivity contribution < 1.29 is 0 Å². The summed E-state index contributed by atoms with van der Waals surface area (Å²) in [6, 6.07) is 4.19. The summed E-state index contributed by atoms with van der Waals surface area (Å²) in [7, 11) is 0. The van der Waals surface area contributed by atoms with Crippen LogP contribution in [0.4, 0.5) is 0 Å². The molecule has 1 saturated heterocycles. The highest BCUT2D eigenvalue weighted by Crippen LogP contribution is 2.15. The summed E-state index contributed by atoms with van der Waals surface area (Å²) in [5.74, 6) is 0.851. The largest absolute Gasteiger partial charge is 0.317 e. The molecule has 2 rings (SSSR count). The SMILES string of the molecule is CCNCC1CCN(CCc2cccnc2)C1. The molecule has 0 aliphatic carbocycles. The molecule has 0 spiro atoms. The second kappa shape index (κ2) is 6.72. The lowest BCUT2D eigenvalue weighted by Crippen LogP contribution is -2.27. The fourth-order valence-electron chi connectivity index (χ4n) is 2.46. The van der Waals surface area contributed by atoms with E-state index in [0.717, 1.165) is 18.9 Å². The summed E-state index contributed by atoms with van der Waals surface area (Å²) in [4.78, 5) is 6.74. The first-order valence-electron chi connectivity index (χ1n) is 6.70. The number of likely N-dealkylation sites (tertiary alicyclic amines) is 1. The van der Waals surface area contributed by atoms with Crippen LogP contribution in [0.2, 0.25) is 0 Å². The molecule has 1 aliphatic heterocycles. The fraction of sp³-hybridized carbons (Fsp3) is 0.643. The molecular formula is C14H23N3. The first kappa shape index (κ1) is 12.5. The summed E-state index contributed by atoms with van der Waals surface area (Å²) in [5.41, 5.74) is 1.35. The minimum atomic E-state index is 0.851. The molecule has 2 heterocycles. The molecule has 94 valence electrons. The molecule has 17 heavy (non-hydrogen) atoms. The van der Waals surface area contributed by atoms with Crippen LogP contribution >= 0.6 is 0 Å². The highest BCUT2D eigenvalue weighted by Gasteiger charge is 2.21. The number of hydrogen-bond donors (Lipinski definition) is 1. The van der Waals surface area contributed by atoms with E-state index in [1.54, 1.807) is 0 Å². The van der Waals surface area contributed by atoms with Crippen LogP contribution in [-0.2, 0) is 6.42 Å². The lowest BCUT2D eigenvalue weighted by Gasteiger charge is -2.16. The van der Waals surface area contributed by atoms with Gasteiger partial charge in [0, 0.05) is 25.5 Å². The van der Waals surface area contributed by atoms with Gasteiger partial charge in [0.1, 0.15) is 0 Å². The zero-order valence-electron chi connectivity index (χ0n) is 10.7. The summed E-state index contributed by atoms with van der Waals surface area (Å²) in [6.45, 7) is 8.14. The van der Waals surface area contributed by atoms with Gasteiger partial charge in [-0.05, 0) is 50.0 Å². The van der Waals surface area contributed by atoms with E-state index < -0.39 is 0 Å². The maximum Gasteiger partial charge on any atom is 0.0300 e. The highest BCUT2D eigenvalue weighted by atomic mass is 15.1. The van der Waals surface area contributed by atoms with Gasteiger partial charge >= 0.3 is 0 Å². The van der Waals surface area contributed by atoms with Crippen LogP contribution in [-0.4, -0.2) is 42.6 Å². The van der Waals surface area contributed by atoms with E-state index in [1.165, 1.54) is 38.2 Å². The fourth-order valence-corrected chi connectivity index (χ4v) is 2.46. The van der Waals surface area contributed by atoms with Crippen LogP contribution in [0.5, 0.6) is 0 Å². The minimum Gasteiger partial charge on any atom is -0.317 e. The summed E-state index contributed by atoms with van der Waals surface area (Å²) < 4.78 is 0. The molecule has 3 nitrogen and oxygen atoms in total. The van der Waals surface area contributed by atoms with Gasteiger partial charge in [0.2, 0.25) is 0 Å². The molecule has 1 unspecified atom stereocenters. The molecular weight excluding hydrogens is 210 g/mol. The quantitative estimate of drug-likeness (QED) is 0.808. The predicted molar refractivity (Wildman–Crippen MR) is 71.0 cm³/mol. The van der Waals surface area contributed by atoms with Gasteiger partial charge in [-0.1, -0.05) is 13.0 Å². The molecule has 1 atom stereocenters. The maximum absolute atomic E-state index is 4.16. The number of hydrogen-bond acceptors (Lipinski definition) is 3. The molecule has 0 radical (unpaired) electrons. The minimum absolute atomic E-state index is 0.851. The van der Waals surface area contributed by atoms with E-state index in [9.17, 15) is 0 Å². The molecule has 3 heteroatoms. The number of pyridine rings is 1. The van der Waals surface area contributed by atoms with Gasteiger partial charge in [0.25, 0.3) is 0 Å². The normalized spacial score (nSPS) is 20.9. The van der Waals surface area contributed by atoms with E-state index >= 15 is 0 Å². The molecule has 0 aromatic carbocycles. The van der Waals surface area contributed by atoms with E-state index in [1.807, 2.05) is 18.5 Å². The highest BCUT2D eigenvalue weighted by molar-refractivity contribution is 5.08. The monoisotopic (exact) mass is 233 g/mol. The second-order valence-corrected chi connectivity index (χ2v) is 4.87. The average Bonchev–Trinajstić information content (AvgIpc) is 2.83. The van der Waals surface area contributed by atoms with Gasteiger partial charge in [-0.3, -0.25) is 4.98 Å². The first-order valence-corrected chi connectivity index (χ1v) is 6.70. The summed E-state index contributed by atoms with van der Waals surface area (Å²) >= 11 is 0. The van der Waals surface area contributed by atoms with Gasteiger partial charge in [-0.2, -0.15) is 0 Å². The van der Waals surface area contributed by atoms with Crippen molar-refractivity contribution in [2.75, 3.05) is 32.7 Å². The molecule has 0 bridgehead atoms. The molecule has 1 fully saturated rings. The van der Waals surface area contributed by atoms with Crippen LogP contribution in [0.15, 0.2) is 24.5 Å². The zero-order valence-corrected chi connectivity index (χ0v) is 10.7. The lowest BCUT2D eigenvalue weighted by molar-refractivity contribution is 0.326. The molecule has 1 aliphatic rings. The Morgan fingerprint density at radius 3 is 3.24 bits per heavy atom. The Hall–Kier alpha value is -0.930. The van der Waals surface area contributed by atoms with Crippen LogP contribution < -0.4 is 5.32 Å². The number of nitrogens with zero attached hydrogens (tertiary/aromatic N) is 2. The molecule has 1 aromatic heterocycles. The van der Waals surface area contributed by atoms with E-state index in [0.29, 0.717) is 0 Å². The average molecular weight is 233 g/mol. The van der Waals surface area contributed by atoms with Crippen molar-refractivity contribution in [3.63, 3.8) is 0 Å². The zero-order chi connectivity index (χ0) is 11.9. The Balaban J connectivity index is 1.68. The van der Waals surface area contributed by atoms with Gasteiger partial charge in [0.05, 0.1) is 0 Å². The van der Waals surface area contributed by atoms with Crippen LogP contribution in [0.1, 0.15) is 18.9 Å². The second-order valence-electron chi connectivity index (χ2n) is 4.87. The third-order valence-electron chi connectivity index (χ3n) is 3.49. The Kier molecular flexibility index (Phi) is 4.95. The molecule has 0 amide bonds. The van der Waals surface area contributed by atoms with Gasteiger partial charge in [-0.15, -0.1) is 0 Å². The summed E-state index contributed by atoms with van der Waals surface area (Å²) in [5, 5.41) is 3.45. The van der Waals surface area contributed by atoms with Crippen LogP contribution in [0.25, 0.3) is 0 Å². The Morgan fingerprint density at radius 1 is 1.53 bits per heavy atom. The molecule has 1 aromatic rings. The van der Waals surface area contributed by atoms with Crippen molar-refractivity contribution >= 4 is 0 Å². The number of rotatable bonds is 6. The van der Waals surface area contributed by atoms with Crippen molar-refractivity contribution in [3.05, 3.63) is 30.1 Å². The number of aromatic nitrogens is 1. The predicted octanol–water partition coefficient (Wildman–Crippen LogP) is 1.56. The lowest BCUT2D eigenvalue weighted by atomic mass is 10.1. The summed E-state index contributed by atoms with van der Waals surface area (Å²) in [6.07, 6.45) is 6.29. The Bertz CT molecular complexity index is 313. The van der Waals surface area contributed by atoms with Crippen LogP contribution in [0, 0.1) is 5.92 Å². The van der Waals surface area contributed by atoms with Crippen molar-refractivity contribution in [3.8, 4) is 0 Å². The van der Waals surface area contributed by atoms with Gasteiger partial charge in [-0.25, -0.2) is 0 Å². The van der Waals surface area contributed by atoms with E-state index in [2.05, 4.69) is 28.2 Å². The van der Waals surface area contributed by atoms with E-state index in [4.69, 9.17) is 0 Å². The molecule has 0 saturated carbocycles. The third kappa shape index (κ3) is 4.10. The molecule has 1 N–H and O–H groups in total. The van der Waals surface area contributed by atoms with Crippen molar-refractivity contribution in [2.24, 2.45) is 5.92 Å². The Labute approximate surface area is 104 Å². The third-order valence-corrected chi connectivity index (χ3v) is 3.49. The van der Waals surface area contributed by atoms with Gasteiger partial charge in [0.15, 0.2) is 0 Å². The number of nitrogens with one attached hydrogen (secondary N) is 1. The smallest absolute Gasteiger partial charge is 0.0300 e. The van der Waals surface area contributed by atoms with Crippen LogP contribution in [0.3, 0.4) is 0 Å². The first-order chi connectivity index (χ1) is 8.38. The Morgan fingerprint density at radius 2 is 2.47 bits per heavy atom. The van der Waals surface area contributed by atoms with E-state index in [-0.39, 0.29) is 0 Å². The van der Waals surface area contributed by atoms with Gasteiger partial charge < -0.3 is 10.2 Å². The topological polar surface area (TPSA) is 28.2 Å². The van der Waals surface area contributed by atoms with Crippen molar-refractivity contribution in [1.82, 2.24) is 15.2 Å². The van der Waals surface area contributed by atoms with Crippen molar-refractivity contribution in [2.45, 2.75) is 19.8 Å².